The van der Waals surface area contributed by atoms with Crippen LogP contribution in [-0.2, 0) is 0 Å². The smallest absolute Gasteiger partial charge is 0.164 e. The van der Waals surface area contributed by atoms with Crippen molar-refractivity contribution >= 4 is 53.9 Å². The molecule has 0 unspecified atom stereocenters. The summed E-state index contributed by atoms with van der Waals surface area (Å²) in [5.41, 5.74) is 11.1. The van der Waals surface area contributed by atoms with E-state index in [0.29, 0.717) is 17.5 Å². The maximum Gasteiger partial charge on any atom is 0.164 e. The maximum atomic E-state index is 5.06. The third kappa shape index (κ3) is 7.44. The van der Waals surface area contributed by atoms with Crippen molar-refractivity contribution in [3.8, 4) is 56.4 Å². The molecule has 8 rings (SSSR count). The highest BCUT2D eigenvalue weighted by Crippen LogP contribution is 2.34. The summed E-state index contributed by atoms with van der Waals surface area (Å²) in [7, 11) is 0. The molecule has 1 heterocycles. The third-order valence-corrected chi connectivity index (χ3v) is 10.1. The fourth-order valence-electron chi connectivity index (χ4n) is 7.07. The molecule has 264 valence electrons. The van der Waals surface area contributed by atoms with E-state index in [0.717, 1.165) is 50.2 Å². The molecule has 8 aromatic rings. The topological polar surface area (TPSA) is 51.0 Å². The molecule has 5 heteroatoms. The molecule has 4 nitrogen and oxygen atoms in total. The van der Waals surface area contributed by atoms with Gasteiger partial charge in [-0.3, -0.25) is 0 Å². The molecular formula is C50H37IN4. The minimum atomic E-state index is 0.597. The van der Waals surface area contributed by atoms with Gasteiger partial charge in [0.05, 0.1) is 9.92 Å². The summed E-state index contributed by atoms with van der Waals surface area (Å²) in [6, 6.07) is 55.1. The van der Waals surface area contributed by atoms with Crippen LogP contribution in [0.3, 0.4) is 0 Å². The van der Waals surface area contributed by atoms with Gasteiger partial charge in [0.25, 0.3) is 0 Å². The van der Waals surface area contributed by atoms with Crippen LogP contribution >= 0.6 is 22.6 Å². The lowest BCUT2D eigenvalue weighted by molar-refractivity contribution is 1.07. The van der Waals surface area contributed by atoms with Gasteiger partial charge >= 0.3 is 0 Å². The van der Waals surface area contributed by atoms with E-state index in [4.69, 9.17) is 15.0 Å². The van der Waals surface area contributed by atoms with Crippen LogP contribution in [0.5, 0.6) is 0 Å². The van der Waals surface area contributed by atoms with E-state index in [-0.39, 0.29) is 0 Å². The number of rotatable bonds is 9. The molecule has 7 aromatic carbocycles. The van der Waals surface area contributed by atoms with E-state index in [9.17, 15) is 0 Å². The van der Waals surface area contributed by atoms with E-state index in [1.54, 1.807) is 4.22 Å². The quantitative estimate of drug-likeness (QED) is 0.0828. The molecule has 0 spiro atoms. The molecule has 0 amide bonds. The molecule has 55 heavy (non-hydrogen) atoms. The lowest BCUT2D eigenvalue weighted by atomic mass is 9.97. The molecule has 0 N–H and O–H groups in total. The zero-order chi connectivity index (χ0) is 37.7. The Kier molecular flexibility index (Phi) is 10.4. The summed E-state index contributed by atoms with van der Waals surface area (Å²) in [5, 5.41) is 4.88. The van der Waals surface area contributed by atoms with E-state index in [1.165, 1.54) is 32.7 Å². The highest BCUT2D eigenvalue weighted by molar-refractivity contribution is 14.1. The number of hydrogen-bond donors (Lipinski definition) is 0. The Morgan fingerprint density at radius 2 is 0.927 bits per heavy atom. The average Bonchev–Trinajstić information content (AvgIpc) is 3.25. The monoisotopic (exact) mass is 820 g/mol. The zero-order valence-electron chi connectivity index (χ0n) is 30.6. The van der Waals surface area contributed by atoms with Crippen LogP contribution in [0.25, 0.3) is 83.5 Å². The van der Waals surface area contributed by atoms with Gasteiger partial charge in [-0.05, 0) is 91.4 Å². The summed E-state index contributed by atoms with van der Waals surface area (Å²) < 4.78 is 1.77. The molecule has 0 aliphatic carbocycles. The molecule has 0 saturated carbocycles. The van der Waals surface area contributed by atoms with Crippen LogP contribution in [0, 0.1) is 0 Å². The number of allylic oxidation sites excluding steroid dienone is 4. The predicted octanol–water partition coefficient (Wildman–Crippen LogP) is 13.8. The lowest BCUT2D eigenvalue weighted by Crippen LogP contribution is -2.00. The third-order valence-electron chi connectivity index (χ3n) is 9.87. The predicted molar refractivity (Wildman–Crippen MR) is 241 cm³/mol. The Bertz CT molecular complexity index is 2630. The van der Waals surface area contributed by atoms with E-state index in [1.807, 2.05) is 25.1 Å². The fourth-order valence-corrected chi connectivity index (χ4v) is 7.35. The molecule has 0 aliphatic rings. The van der Waals surface area contributed by atoms with Crippen LogP contribution < -0.4 is 0 Å². The average molecular weight is 821 g/mol. The first-order chi connectivity index (χ1) is 27.0. The van der Waals surface area contributed by atoms with Crippen molar-refractivity contribution in [2.45, 2.75) is 13.8 Å². The van der Waals surface area contributed by atoms with Gasteiger partial charge < -0.3 is 0 Å². The first kappa shape index (κ1) is 35.7. The van der Waals surface area contributed by atoms with Crippen LogP contribution in [0.2, 0.25) is 0 Å². The number of halogens is 1. The van der Waals surface area contributed by atoms with Gasteiger partial charge in [0, 0.05) is 22.3 Å². The van der Waals surface area contributed by atoms with Crippen molar-refractivity contribution < 1.29 is 0 Å². The van der Waals surface area contributed by atoms with Gasteiger partial charge in [-0.2, -0.15) is 0 Å². The zero-order valence-corrected chi connectivity index (χ0v) is 32.8. The Labute approximate surface area is 335 Å². The Morgan fingerprint density at radius 1 is 0.527 bits per heavy atom. The van der Waals surface area contributed by atoms with Crippen molar-refractivity contribution in [1.29, 1.82) is 0 Å². The molecule has 1 aromatic heterocycles. The van der Waals surface area contributed by atoms with Gasteiger partial charge in [0.15, 0.2) is 17.5 Å². The highest BCUT2D eigenvalue weighted by Gasteiger charge is 2.15. The molecule has 0 bridgehead atoms. The molecular weight excluding hydrogens is 783 g/mol. The van der Waals surface area contributed by atoms with Crippen LogP contribution in [0.4, 0.5) is 0 Å². The summed E-state index contributed by atoms with van der Waals surface area (Å²) in [5.74, 6) is 1.82. The molecule has 0 saturated heterocycles. The van der Waals surface area contributed by atoms with Gasteiger partial charge in [-0.25, -0.2) is 19.9 Å². The lowest BCUT2D eigenvalue weighted by Gasteiger charge is -2.12. The number of aromatic nitrogens is 3. The molecule has 0 radical (unpaired) electrons. The minimum Gasteiger partial charge on any atom is -0.249 e. The molecule has 0 fully saturated rings. The van der Waals surface area contributed by atoms with Crippen LogP contribution in [0.1, 0.15) is 19.4 Å². The second-order valence-corrected chi connectivity index (χ2v) is 13.9. The van der Waals surface area contributed by atoms with Gasteiger partial charge in [-0.15, -0.1) is 0 Å². The Hall–Kier alpha value is -6.31. The standard InChI is InChI=1S/C50H37IN4/c1-4-11-33(2)47(52-32-51)34(3)35-20-26-40(27-21-35)48-53-49(41-28-22-38(23-29-41)45-18-9-14-36-12-5-7-16-43(36)45)55-50(54-48)42-30-24-39(25-31-42)46-19-10-15-37-13-6-8-17-44(37)46/h4-32H,3H2,1-2H3/b11-4-,47-33+,52-32-. The van der Waals surface area contributed by atoms with Crippen molar-refractivity contribution in [2.75, 3.05) is 0 Å². The molecule has 0 atom stereocenters. The Morgan fingerprint density at radius 3 is 1.36 bits per heavy atom. The highest BCUT2D eigenvalue weighted by atomic mass is 127. The van der Waals surface area contributed by atoms with Crippen molar-refractivity contribution in [3.63, 3.8) is 0 Å². The van der Waals surface area contributed by atoms with Crippen molar-refractivity contribution in [1.82, 2.24) is 15.0 Å². The summed E-state index contributed by atoms with van der Waals surface area (Å²) in [6.45, 7) is 8.45. The Balaban J connectivity index is 1.19. The first-order valence-corrected chi connectivity index (χ1v) is 19.4. The summed E-state index contributed by atoms with van der Waals surface area (Å²) >= 11 is 2.15. The van der Waals surface area contributed by atoms with Gasteiger partial charge in [0.2, 0.25) is 0 Å². The second kappa shape index (κ2) is 16.0. The fraction of sp³-hybridized carbons (Fsp3) is 0.0400. The number of nitrogens with zero attached hydrogens (tertiary/aromatic N) is 4. The summed E-state index contributed by atoms with van der Waals surface area (Å²) in [6.07, 6.45) is 4.06. The van der Waals surface area contributed by atoms with Gasteiger partial charge in [-0.1, -0.05) is 176 Å². The largest absolute Gasteiger partial charge is 0.249 e. The second-order valence-electron chi connectivity index (χ2n) is 13.3. The first-order valence-electron chi connectivity index (χ1n) is 18.2. The number of hydrogen-bond acceptors (Lipinski definition) is 4. The minimum absolute atomic E-state index is 0.597. The van der Waals surface area contributed by atoms with E-state index >= 15 is 0 Å². The normalized spacial score (nSPS) is 12.1. The van der Waals surface area contributed by atoms with Crippen molar-refractivity contribution in [2.24, 2.45) is 4.99 Å². The van der Waals surface area contributed by atoms with Crippen LogP contribution in [-0.4, -0.2) is 19.2 Å². The summed E-state index contributed by atoms with van der Waals surface area (Å²) in [4.78, 5) is 19.8. The number of fused-ring (bicyclic) bond motifs is 2. The number of benzene rings is 7. The molecule has 0 aliphatic heterocycles. The van der Waals surface area contributed by atoms with E-state index < -0.39 is 0 Å². The van der Waals surface area contributed by atoms with Gasteiger partial charge in [0.1, 0.15) is 0 Å². The number of aliphatic imine (C=N–C) groups is 1. The maximum absolute atomic E-state index is 5.06. The van der Waals surface area contributed by atoms with E-state index in [2.05, 4.69) is 193 Å². The SMILES string of the molecule is C=C(C(/N=C\I)=C(C)\C=C/C)c1ccc(-c2nc(-c3ccc(-c4cccc5ccccc45)cc3)nc(-c3ccc(-c4cccc5ccccc45)cc3)n2)cc1. The van der Waals surface area contributed by atoms with Crippen LogP contribution in [0.15, 0.2) is 193 Å². The van der Waals surface area contributed by atoms with Crippen molar-refractivity contribution in [3.05, 3.63) is 193 Å².